The van der Waals surface area contributed by atoms with Gasteiger partial charge in [-0.25, -0.2) is 0 Å². The van der Waals surface area contributed by atoms with Gasteiger partial charge in [-0.2, -0.15) is 0 Å². The zero-order chi connectivity index (χ0) is 23.1. The van der Waals surface area contributed by atoms with Crippen LogP contribution < -0.4 is 14.2 Å². The van der Waals surface area contributed by atoms with Crippen molar-refractivity contribution in [1.29, 1.82) is 0 Å². The van der Waals surface area contributed by atoms with E-state index in [1.165, 1.54) is 23.8 Å². The van der Waals surface area contributed by atoms with Crippen molar-refractivity contribution in [2.75, 3.05) is 40.6 Å². The van der Waals surface area contributed by atoms with E-state index >= 15 is 0 Å². The molecular weight excluding hydrogens is 470 g/mol. The number of likely N-dealkylation sites (N-methyl/N-ethyl adjacent to an activating group) is 1. The van der Waals surface area contributed by atoms with Gasteiger partial charge < -0.3 is 18.9 Å². The molecule has 0 radical (unpaired) electrons. The molecule has 1 saturated heterocycles. The van der Waals surface area contributed by atoms with Crippen molar-refractivity contribution < 1.29 is 23.7 Å². The smallest absolute Gasteiger partial charge is 0.265 e. The van der Waals surface area contributed by atoms with Gasteiger partial charge in [0.2, 0.25) is 0 Å². The third-order valence-electron chi connectivity index (χ3n) is 4.50. The molecule has 1 heterocycles. The van der Waals surface area contributed by atoms with E-state index in [0.717, 1.165) is 16.9 Å². The van der Waals surface area contributed by atoms with Gasteiger partial charge >= 0.3 is 0 Å². The normalized spacial score (nSPS) is 14.9. The highest BCUT2D eigenvalue weighted by atomic mass is 35.5. The Kier molecular flexibility index (Phi) is 8.81. The average molecular weight is 494 g/mol. The molecule has 0 saturated carbocycles. The maximum atomic E-state index is 12.2. The van der Waals surface area contributed by atoms with Crippen LogP contribution in [0, 0.1) is 6.92 Å². The fourth-order valence-electron chi connectivity index (χ4n) is 2.89. The zero-order valence-corrected chi connectivity index (χ0v) is 20.4. The van der Waals surface area contributed by atoms with E-state index in [0.29, 0.717) is 52.2 Å². The van der Waals surface area contributed by atoms with Crippen LogP contribution in [0.2, 0.25) is 5.02 Å². The molecule has 9 heteroatoms. The Balaban J connectivity index is 1.50. The van der Waals surface area contributed by atoms with Crippen molar-refractivity contribution >= 4 is 51.9 Å². The highest BCUT2D eigenvalue weighted by Gasteiger charge is 2.28. The van der Waals surface area contributed by atoms with Crippen molar-refractivity contribution in [3.8, 4) is 17.2 Å². The van der Waals surface area contributed by atoms with Crippen LogP contribution in [0.1, 0.15) is 11.1 Å². The van der Waals surface area contributed by atoms with E-state index in [2.05, 4.69) is 0 Å². The molecule has 170 valence electrons. The lowest BCUT2D eigenvalue weighted by atomic mass is 10.2. The lowest BCUT2D eigenvalue weighted by Crippen LogP contribution is -2.22. The number of nitrogens with zero attached hydrogens (tertiary/aromatic N) is 1. The molecule has 0 bridgehead atoms. The molecule has 2 aromatic rings. The van der Waals surface area contributed by atoms with Gasteiger partial charge in [-0.3, -0.25) is 9.69 Å². The van der Waals surface area contributed by atoms with Crippen molar-refractivity contribution in [2.24, 2.45) is 0 Å². The zero-order valence-electron chi connectivity index (χ0n) is 18.1. The summed E-state index contributed by atoms with van der Waals surface area (Å²) in [4.78, 5) is 14.2. The molecule has 3 rings (SSSR count). The van der Waals surface area contributed by atoms with E-state index < -0.39 is 0 Å². The molecule has 0 unspecified atom stereocenters. The predicted molar refractivity (Wildman–Crippen MR) is 132 cm³/mol. The van der Waals surface area contributed by atoms with E-state index in [1.54, 1.807) is 25.3 Å². The Morgan fingerprint density at radius 3 is 2.53 bits per heavy atom. The number of rotatable bonds is 10. The maximum Gasteiger partial charge on any atom is 0.265 e. The monoisotopic (exact) mass is 493 g/mol. The largest absolute Gasteiger partial charge is 0.493 e. The minimum Gasteiger partial charge on any atom is -0.493 e. The molecule has 1 fully saturated rings. The van der Waals surface area contributed by atoms with Crippen LogP contribution in [-0.4, -0.2) is 55.7 Å². The van der Waals surface area contributed by atoms with Gasteiger partial charge in [0, 0.05) is 7.05 Å². The summed E-state index contributed by atoms with van der Waals surface area (Å²) in [6.07, 6.45) is 1.73. The Morgan fingerprint density at radius 1 is 1.12 bits per heavy atom. The minimum absolute atomic E-state index is 0.140. The molecule has 0 atom stereocenters. The molecular formula is C23H24ClNO5S2. The van der Waals surface area contributed by atoms with Gasteiger partial charge in [0.25, 0.3) is 5.91 Å². The Hall–Kier alpha value is -2.26. The minimum atomic E-state index is -0.140. The number of hydrogen-bond donors (Lipinski definition) is 0. The molecule has 6 nitrogen and oxygen atoms in total. The molecule has 0 spiro atoms. The summed E-state index contributed by atoms with van der Waals surface area (Å²) in [6, 6.07) is 11.3. The second-order valence-corrected chi connectivity index (χ2v) is 8.98. The van der Waals surface area contributed by atoms with Crippen LogP contribution in [0.5, 0.6) is 17.2 Å². The van der Waals surface area contributed by atoms with E-state index in [9.17, 15) is 4.79 Å². The summed E-state index contributed by atoms with van der Waals surface area (Å²) >= 11 is 12.8. The number of carbonyl (C=O) groups is 1. The van der Waals surface area contributed by atoms with E-state index in [-0.39, 0.29) is 5.91 Å². The number of hydrogen-bond acceptors (Lipinski definition) is 7. The van der Waals surface area contributed by atoms with Crippen LogP contribution in [-0.2, 0) is 9.53 Å². The number of halogens is 1. The highest BCUT2D eigenvalue weighted by molar-refractivity contribution is 8.26. The molecule has 1 aliphatic rings. The summed E-state index contributed by atoms with van der Waals surface area (Å²) in [7, 11) is 3.19. The Bertz CT molecular complexity index is 1030. The van der Waals surface area contributed by atoms with Crippen molar-refractivity contribution in [2.45, 2.75) is 6.92 Å². The molecule has 1 amide bonds. The first-order valence-electron chi connectivity index (χ1n) is 9.88. The van der Waals surface area contributed by atoms with Gasteiger partial charge in [-0.15, -0.1) is 0 Å². The molecule has 32 heavy (non-hydrogen) atoms. The molecule has 2 aromatic carbocycles. The van der Waals surface area contributed by atoms with Crippen molar-refractivity contribution in [1.82, 2.24) is 4.90 Å². The first-order valence-corrected chi connectivity index (χ1v) is 11.5. The van der Waals surface area contributed by atoms with Crippen LogP contribution in [0.3, 0.4) is 0 Å². The molecule has 0 aliphatic carbocycles. The fourth-order valence-corrected chi connectivity index (χ4v) is 4.34. The van der Waals surface area contributed by atoms with Gasteiger partial charge in [0.05, 0.1) is 30.3 Å². The number of amides is 1. The van der Waals surface area contributed by atoms with Crippen LogP contribution in [0.15, 0.2) is 41.3 Å². The lowest BCUT2D eigenvalue weighted by Gasteiger charge is -2.14. The quantitative estimate of drug-likeness (QED) is 0.263. The van der Waals surface area contributed by atoms with Crippen molar-refractivity contribution in [3.05, 3.63) is 57.5 Å². The van der Waals surface area contributed by atoms with Crippen LogP contribution in [0.4, 0.5) is 0 Å². The number of thioether (sulfide) groups is 1. The molecule has 0 N–H and O–H groups in total. The lowest BCUT2D eigenvalue weighted by molar-refractivity contribution is -0.121. The van der Waals surface area contributed by atoms with E-state index in [1.807, 2.05) is 31.2 Å². The third kappa shape index (κ3) is 6.38. The number of ether oxygens (including phenoxy) is 4. The first kappa shape index (κ1) is 24.4. The van der Waals surface area contributed by atoms with E-state index in [4.69, 9.17) is 42.8 Å². The summed E-state index contributed by atoms with van der Waals surface area (Å²) in [5, 5.41) is 0.380. The predicted octanol–water partition coefficient (Wildman–Crippen LogP) is 4.96. The number of methoxy groups -OCH3 is 1. The summed E-state index contributed by atoms with van der Waals surface area (Å²) in [6.45, 7) is 3.58. The van der Waals surface area contributed by atoms with Gasteiger partial charge in [0.1, 0.15) is 23.3 Å². The van der Waals surface area contributed by atoms with Gasteiger partial charge in [0.15, 0.2) is 11.5 Å². The fraction of sp³-hybridized carbons (Fsp3) is 0.304. The van der Waals surface area contributed by atoms with Crippen LogP contribution >= 0.6 is 35.6 Å². The van der Waals surface area contributed by atoms with Gasteiger partial charge in [-0.1, -0.05) is 47.7 Å². The summed E-state index contributed by atoms with van der Waals surface area (Å²) in [5.74, 6) is 1.58. The van der Waals surface area contributed by atoms with Gasteiger partial charge in [-0.05, 0) is 48.4 Å². The Labute approximate surface area is 202 Å². The van der Waals surface area contributed by atoms with Crippen LogP contribution in [0.25, 0.3) is 6.08 Å². The van der Waals surface area contributed by atoms with Crippen molar-refractivity contribution in [3.63, 3.8) is 0 Å². The first-order chi connectivity index (χ1) is 15.4. The SMILES string of the molecule is COc1cc(/C=C2\SC(=S)N(C)C2=O)cc(Cl)c1OCCOCCOc1cccc(C)c1. The second kappa shape index (κ2) is 11.6. The second-order valence-electron chi connectivity index (χ2n) is 6.90. The summed E-state index contributed by atoms with van der Waals surface area (Å²) < 4.78 is 22.9. The topological polar surface area (TPSA) is 57.2 Å². The average Bonchev–Trinajstić information content (AvgIpc) is 3.00. The Morgan fingerprint density at radius 2 is 1.88 bits per heavy atom. The maximum absolute atomic E-state index is 12.2. The number of benzene rings is 2. The standard InChI is InChI=1S/C23H24ClNO5S2/c1-15-5-4-6-17(11-15)29-9-7-28-8-10-30-21-18(24)12-16(13-19(21)27-3)14-20-22(26)25(2)23(31)32-20/h4-6,11-14H,7-10H2,1-3H3/b20-14-. The molecule has 0 aromatic heterocycles. The third-order valence-corrected chi connectivity index (χ3v) is 6.26. The highest BCUT2D eigenvalue weighted by Crippen LogP contribution is 2.38. The number of aryl methyl sites for hydroxylation is 1. The molecule has 1 aliphatic heterocycles. The number of carbonyl (C=O) groups excluding carboxylic acids is 1. The number of thiocarbonyl (C=S) groups is 1. The summed E-state index contributed by atoms with van der Waals surface area (Å²) in [5.41, 5.74) is 1.87.